The Morgan fingerprint density at radius 1 is 1.12 bits per heavy atom. The Morgan fingerprint density at radius 3 is 2.35 bits per heavy atom. The molecule has 0 aliphatic rings. The van der Waals surface area contributed by atoms with Crippen molar-refractivity contribution in [3.63, 3.8) is 0 Å². The summed E-state index contributed by atoms with van der Waals surface area (Å²) in [6.07, 6.45) is 0.889. The van der Waals surface area contributed by atoms with Crippen molar-refractivity contribution < 1.29 is 17.9 Å². The van der Waals surface area contributed by atoms with Gasteiger partial charge in [-0.2, -0.15) is 0 Å². The Morgan fingerprint density at radius 2 is 1.77 bits per heavy atom. The van der Waals surface area contributed by atoms with Crippen LogP contribution in [-0.4, -0.2) is 39.8 Å². The fourth-order valence-corrected chi connectivity index (χ4v) is 3.57. The molecule has 2 aromatic carbocycles. The van der Waals surface area contributed by atoms with E-state index >= 15 is 0 Å². The molecule has 0 aliphatic heterocycles. The van der Waals surface area contributed by atoms with Crippen molar-refractivity contribution in [1.29, 1.82) is 0 Å². The Bertz CT molecular complexity index is 875. The number of hydrogen-bond acceptors (Lipinski definition) is 4. The second kappa shape index (κ2) is 8.33. The number of carbonyl (C=O) groups excluding carboxylic acids is 1. The molecule has 0 unspecified atom stereocenters. The zero-order chi connectivity index (χ0) is 19.3. The van der Waals surface area contributed by atoms with Crippen molar-refractivity contribution in [2.75, 3.05) is 26.5 Å². The molecular formula is C19H24N2O4S. The van der Waals surface area contributed by atoms with Gasteiger partial charge in [-0.25, -0.2) is 12.7 Å². The van der Waals surface area contributed by atoms with E-state index < -0.39 is 10.0 Å². The van der Waals surface area contributed by atoms with E-state index in [0.29, 0.717) is 24.1 Å². The number of sulfonamides is 1. The first-order valence-corrected chi connectivity index (χ1v) is 9.64. The summed E-state index contributed by atoms with van der Waals surface area (Å²) in [5, 5.41) is 2.77. The minimum atomic E-state index is -3.56. The number of carbonyl (C=O) groups is 1. The molecule has 6 nitrogen and oxygen atoms in total. The van der Waals surface area contributed by atoms with Gasteiger partial charge in [0.2, 0.25) is 15.9 Å². The predicted molar refractivity (Wildman–Crippen MR) is 102 cm³/mol. The number of amides is 1. The van der Waals surface area contributed by atoms with Crippen LogP contribution in [0.5, 0.6) is 5.75 Å². The van der Waals surface area contributed by atoms with E-state index in [1.165, 1.54) is 20.2 Å². The van der Waals surface area contributed by atoms with E-state index in [2.05, 4.69) is 5.32 Å². The van der Waals surface area contributed by atoms with Gasteiger partial charge in [0.1, 0.15) is 5.75 Å². The molecular weight excluding hydrogens is 352 g/mol. The zero-order valence-electron chi connectivity index (χ0n) is 15.4. The van der Waals surface area contributed by atoms with Gasteiger partial charge in [0.05, 0.1) is 12.0 Å². The second-order valence-electron chi connectivity index (χ2n) is 6.16. The third kappa shape index (κ3) is 4.83. The van der Waals surface area contributed by atoms with E-state index in [1.807, 2.05) is 24.3 Å². The number of anilines is 1. The Labute approximate surface area is 154 Å². The van der Waals surface area contributed by atoms with Crippen molar-refractivity contribution in [2.45, 2.75) is 24.7 Å². The van der Waals surface area contributed by atoms with Crippen molar-refractivity contribution >= 4 is 21.6 Å². The summed E-state index contributed by atoms with van der Waals surface area (Å²) < 4.78 is 31.0. The van der Waals surface area contributed by atoms with E-state index in [1.54, 1.807) is 26.2 Å². The molecule has 0 saturated heterocycles. The smallest absolute Gasteiger partial charge is 0.242 e. The summed E-state index contributed by atoms with van der Waals surface area (Å²) in [5.74, 6) is 0.602. The Kier molecular flexibility index (Phi) is 6.39. The number of methoxy groups -OCH3 is 1. The molecule has 2 aromatic rings. The lowest BCUT2D eigenvalue weighted by Gasteiger charge is -2.15. The van der Waals surface area contributed by atoms with Crippen LogP contribution in [0.15, 0.2) is 47.4 Å². The van der Waals surface area contributed by atoms with Crippen LogP contribution in [0.3, 0.4) is 0 Å². The van der Waals surface area contributed by atoms with Gasteiger partial charge >= 0.3 is 0 Å². The quantitative estimate of drug-likeness (QED) is 0.806. The van der Waals surface area contributed by atoms with Gasteiger partial charge in [0, 0.05) is 26.2 Å². The van der Waals surface area contributed by atoms with Gasteiger partial charge in [-0.05, 0) is 48.7 Å². The predicted octanol–water partition coefficient (Wildman–Crippen LogP) is 2.83. The number of ether oxygens (including phenoxy) is 1. The molecule has 0 heterocycles. The molecule has 0 atom stereocenters. The highest BCUT2D eigenvalue weighted by Gasteiger charge is 2.20. The highest BCUT2D eigenvalue weighted by Crippen LogP contribution is 2.22. The largest absolute Gasteiger partial charge is 0.497 e. The second-order valence-corrected chi connectivity index (χ2v) is 8.28. The highest BCUT2D eigenvalue weighted by molar-refractivity contribution is 7.89. The van der Waals surface area contributed by atoms with Crippen LogP contribution in [0, 0.1) is 6.92 Å². The molecule has 0 radical (unpaired) electrons. The van der Waals surface area contributed by atoms with Crippen molar-refractivity contribution in [2.24, 2.45) is 0 Å². The number of nitrogens with zero attached hydrogens (tertiary/aromatic N) is 1. The molecule has 0 bridgehead atoms. The molecule has 26 heavy (non-hydrogen) atoms. The third-order valence-corrected chi connectivity index (χ3v) is 5.99. The van der Waals surface area contributed by atoms with Crippen LogP contribution in [0.1, 0.15) is 17.5 Å². The summed E-state index contributed by atoms with van der Waals surface area (Å²) in [4.78, 5) is 12.4. The van der Waals surface area contributed by atoms with Gasteiger partial charge in [-0.3, -0.25) is 4.79 Å². The van der Waals surface area contributed by atoms with E-state index in [4.69, 9.17) is 4.74 Å². The molecule has 1 amide bonds. The highest BCUT2D eigenvalue weighted by atomic mass is 32.2. The summed E-state index contributed by atoms with van der Waals surface area (Å²) in [7, 11) is 1.01. The molecule has 0 fully saturated rings. The zero-order valence-corrected chi connectivity index (χ0v) is 16.3. The minimum Gasteiger partial charge on any atom is -0.497 e. The molecule has 0 saturated carbocycles. The molecule has 0 aromatic heterocycles. The first-order valence-electron chi connectivity index (χ1n) is 8.20. The van der Waals surface area contributed by atoms with Crippen LogP contribution in [0.2, 0.25) is 0 Å². The monoisotopic (exact) mass is 376 g/mol. The fourth-order valence-electron chi connectivity index (χ4n) is 2.43. The lowest BCUT2D eigenvalue weighted by molar-refractivity contribution is -0.116. The lowest BCUT2D eigenvalue weighted by atomic mass is 10.1. The lowest BCUT2D eigenvalue weighted by Crippen LogP contribution is -2.23. The molecule has 0 spiro atoms. The maximum Gasteiger partial charge on any atom is 0.242 e. The molecule has 1 N–H and O–H groups in total. The third-order valence-electron chi connectivity index (χ3n) is 4.03. The van der Waals surface area contributed by atoms with Gasteiger partial charge in [-0.15, -0.1) is 0 Å². The molecule has 0 aliphatic carbocycles. The summed E-state index contributed by atoms with van der Waals surface area (Å²) in [6, 6.07) is 12.4. The van der Waals surface area contributed by atoms with Gasteiger partial charge < -0.3 is 10.1 Å². The van der Waals surface area contributed by atoms with Crippen LogP contribution in [0.4, 0.5) is 5.69 Å². The molecule has 140 valence electrons. The fraction of sp³-hybridized carbons (Fsp3) is 0.316. The van der Waals surface area contributed by atoms with Gasteiger partial charge in [0.25, 0.3) is 0 Å². The van der Waals surface area contributed by atoms with Crippen LogP contribution >= 0.6 is 0 Å². The molecule has 7 heteroatoms. The summed E-state index contributed by atoms with van der Waals surface area (Å²) in [5.41, 5.74) is 2.13. The van der Waals surface area contributed by atoms with Crippen LogP contribution in [0.25, 0.3) is 0 Å². The number of rotatable bonds is 7. The molecule has 2 rings (SSSR count). The average Bonchev–Trinajstić information content (AvgIpc) is 2.61. The van der Waals surface area contributed by atoms with E-state index in [-0.39, 0.29) is 10.8 Å². The first-order chi connectivity index (χ1) is 12.2. The van der Waals surface area contributed by atoms with E-state index in [9.17, 15) is 13.2 Å². The summed E-state index contributed by atoms with van der Waals surface area (Å²) >= 11 is 0. The Balaban J connectivity index is 2.04. The van der Waals surface area contributed by atoms with E-state index in [0.717, 1.165) is 15.6 Å². The van der Waals surface area contributed by atoms with Crippen LogP contribution in [-0.2, 0) is 21.2 Å². The Hall–Kier alpha value is -2.38. The first kappa shape index (κ1) is 19.9. The number of aryl methyl sites for hydroxylation is 2. The number of hydrogen-bond donors (Lipinski definition) is 1. The van der Waals surface area contributed by atoms with Crippen molar-refractivity contribution in [3.05, 3.63) is 53.6 Å². The van der Waals surface area contributed by atoms with Crippen molar-refractivity contribution in [1.82, 2.24) is 4.31 Å². The van der Waals surface area contributed by atoms with Crippen LogP contribution < -0.4 is 10.1 Å². The van der Waals surface area contributed by atoms with Gasteiger partial charge in [-0.1, -0.05) is 18.2 Å². The topological polar surface area (TPSA) is 75.7 Å². The van der Waals surface area contributed by atoms with Crippen molar-refractivity contribution in [3.8, 4) is 5.75 Å². The average molecular weight is 376 g/mol. The number of nitrogens with one attached hydrogen (secondary N) is 1. The number of benzene rings is 2. The normalized spacial score (nSPS) is 11.4. The maximum atomic E-state index is 12.4. The SMILES string of the molecule is COc1ccc(CCC(=O)Nc2ccc(C)c(S(=O)(=O)N(C)C)c2)cc1. The summed E-state index contributed by atoms with van der Waals surface area (Å²) in [6.45, 7) is 1.73. The minimum absolute atomic E-state index is 0.169. The van der Waals surface area contributed by atoms with Gasteiger partial charge in [0.15, 0.2) is 0 Å². The standard InChI is InChI=1S/C19H24N2O4S/c1-14-5-9-16(13-18(14)26(23,24)21(2)3)20-19(22)12-8-15-6-10-17(25-4)11-7-15/h5-7,9-11,13H,8,12H2,1-4H3,(H,20,22). The maximum absolute atomic E-state index is 12.4.